The molecular weight excluding hydrogens is 465 g/mol. The van der Waals surface area contributed by atoms with Crippen molar-refractivity contribution >= 4 is 11.7 Å². The topological polar surface area (TPSA) is 41.6 Å². The largest absolute Gasteiger partial charge is 0.497 e. The molecule has 0 aliphatic rings. The lowest BCUT2D eigenvalue weighted by atomic mass is 9.96. The van der Waals surface area contributed by atoms with Crippen LogP contribution in [0.25, 0.3) is 0 Å². The Morgan fingerprint density at radius 3 is 1.81 bits per heavy atom. The number of hydrogen-bond acceptors (Lipinski definition) is 2. The third-order valence-electron chi connectivity index (χ3n) is 5.78. The first-order chi connectivity index (χ1) is 17.3. The van der Waals surface area contributed by atoms with Crippen molar-refractivity contribution in [1.29, 1.82) is 0 Å². The summed E-state index contributed by atoms with van der Waals surface area (Å²) >= 11 is 0. The number of halogens is 3. The van der Waals surface area contributed by atoms with Gasteiger partial charge in [-0.15, -0.1) is 0 Å². The van der Waals surface area contributed by atoms with Crippen LogP contribution in [-0.2, 0) is 12.7 Å². The Labute approximate surface area is 208 Å². The number of carbonyl (C=O) groups excluding carboxylic acids is 1. The van der Waals surface area contributed by atoms with Gasteiger partial charge in [0, 0.05) is 12.2 Å². The quantitative estimate of drug-likeness (QED) is 0.291. The van der Waals surface area contributed by atoms with Crippen molar-refractivity contribution in [1.82, 2.24) is 4.90 Å². The average Bonchev–Trinajstić information content (AvgIpc) is 2.90. The van der Waals surface area contributed by atoms with E-state index in [-0.39, 0.29) is 12.2 Å². The lowest BCUT2D eigenvalue weighted by molar-refractivity contribution is -0.137. The van der Waals surface area contributed by atoms with Crippen LogP contribution in [-0.4, -0.2) is 18.0 Å². The molecule has 4 nitrogen and oxygen atoms in total. The van der Waals surface area contributed by atoms with E-state index in [2.05, 4.69) is 5.32 Å². The Kier molecular flexibility index (Phi) is 7.59. The van der Waals surface area contributed by atoms with Crippen molar-refractivity contribution in [2.45, 2.75) is 18.8 Å². The highest BCUT2D eigenvalue weighted by Gasteiger charge is 2.31. The summed E-state index contributed by atoms with van der Waals surface area (Å²) in [6.07, 6.45) is -4.45. The zero-order chi connectivity index (χ0) is 25.5. The predicted molar refractivity (Wildman–Crippen MR) is 134 cm³/mol. The molecule has 0 radical (unpaired) electrons. The van der Waals surface area contributed by atoms with E-state index in [4.69, 9.17) is 4.74 Å². The van der Waals surface area contributed by atoms with E-state index in [0.717, 1.165) is 28.8 Å². The van der Waals surface area contributed by atoms with Crippen LogP contribution >= 0.6 is 0 Å². The predicted octanol–water partition coefficient (Wildman–Crippen LogP) is 7.54. The van der Waals surface area contributed by atoms with Gasteiger partial charge in [-0.2, -0.15) is 13.2 Å². The molecule has 0 saturated heterocycles. The maximum Gasteiger partial charge on any atom is 0.416 e. The molecule has 0 fully saturated rings. The molecule has 1 N–H and O–H groups in total. The minimum atomic E-state index is -4.45. The molecule has 0 aliphatic carbocycles. The molecule has 4 aromatic carbocycles. The molecule has 0 spiro atoms. The Hall–Kier alpha value is -4.26. The van der Waals surface area contributed by atoms with Crippen molar-refractivity contribution in [3.8, 4) is 5.75 Å². The van der Waals surface area contributed by atoms with E-state index in [1.165, 1.54) is 12.1 Å². The number of benzene rings is 4. The third kappa shape index (κ3) is 6.05. The fourth-order valence-electron chi connectivity index (χ4n) is 3.97. The second kappa shape index (κ2) is 11.0. The SMILES string of the molecule is COc1ccc(CN(C(=O)Nc2ccc(C(F)(F)F)cc2)C(c2ccccc2)c2ccccc2)cc1. The van der Waals surface area contributed by atoms with E-state index in [9.17, 15) is 18.0 Å². The Morgan fingerprint density at radius 2 is 1.33 bits per heavy atom. The number of rotatable bonds is 7. The summed E-state index contributed by atoms with van der Waals surface area (Å²) in [5.41, 5.74) is 2.17. The molecule has 0 heterocycles. The number of alkyl halides is 3. The summed E-state index contributed by atoms with van der Waals surface area (Å²) in [7, 11) is 1.58. The molecule has 0 bridgehead atoms. The van der Waals surface area contributed by atoms with Gasteiger partial charge < -0.3 is 15.0 Å². The number of carbonyl (C=O) groups is 1. The molecule has 36 heavy (non-hydrogen) atoms. The van der Waals surface area contributed by atoms with Crippen molar-refractivity contribution < 1.29 is 22.7 Å². The first-order valence-corrected chi connectivity index (χ1v) is 11.3. The number of hydrogen-bond donors (Lipinski definition) is 1. The van der Waals surface area contributed by atoms with Gasteiger partial charge in [-0.05, 0) is 53.1 Å². The molecule has 0 saturated carbocycles. The smallest absolute Gasteiger partial charge is 0.416 e. The first kappa shape index (κ1) is 24.9. The zero-order valence-electron chi connectivity index (χ0n) is 19.6. The van der Waals surface area contributed by atoms with Gasteiger partial charge in [-0.3, -0.25) is 0 Å². The van der Waals surface area contributed by atoms with Gasteiger partial charge in [0.15, 0.2) is 0 Å². The van der Waals surface area contributed by atoms with Crippen LogP contribution in [0.1, 0.15) is 28.3 Å². The number of urea groups is 1. The maximum atomic E-state index is 13.7. The van der Waals surface area contributed by atoms with Crippen LogP contribution in [0.3, 0.4) is 0 Å². The second-order valence-corrected chi connectivity index (χ2v) is 8.21. The van der Waals surface area contributed by atoms with E-state index in [0.29, 0.717) is 5.75 Å². The Morgan fingerprint density at radius 1 is 0.806 bits per heavy atom. The molecule has 0 aromatic heterocycles. The molecule has 0 unspecified atom stereocenters. The number of nitrogens with zero attached hydrogens (tertiary/aromatic N) is 1. The van der Waals surface area contributed by atoms with Crippen LogP contribution in [0.15, 0.2) is 109 Å². The standard InChI is InChI=1S/C29H25F3N2O2/c1-36-26-18-12-21(13-19-26)20-34(28(35)33-25-16-14-24(15-17-25)29(30,31)32)27(22-8-4-2-5-9-22)23-10-6-3-7-11-23/h2-19,27H,20H2,1H3,(H,33,35). The summed E-state index contributed by atoms with van der Waals surface area (Å²) in [6.45, 7) is 0.255. The van der Waals surface area contributed by atoms with Crippen molar-refractivity contribution in [2.24, 2.45) is 0 Å². The van der Waals surface area contributed by atoms with Gasteiger partial charge in [-0.25, -0.2) is 4.79 Å². The molecule has 0 aliphatic heterocycles. The Balaban J connectivity index is 1.71. The van der Waals surface area contributed by atoms with Crippen LogP contribution in [0, 0.1) is 0 Å². The average molecular weight is 491 g/mol. The number of anilines is 1. The number of amides is 2. The van der Waals surface area contributed by atoms with E-state index >= 15 is 0 Å². The summed E-state index contributed by atoms with van der Waals surface area (Å²) in [5.74, 6) is 0.696. The molecule has 7 heteroatoms. The van der Waals surface area contributed by atoms with Crippen LogP contribution in [0.2, 0.25) is 0 Å². The number of nitrogens with one attached hydrogen (secondary N) is 1. The summed E-state index contributed by atoms with van der Waals surface area (Å²) in [4.78, 5) is 15.3. The van der Waals surface area contributed by atoms with Gasteiger partial charge in [0.1, 0.15) is 5.75 Å². The van der Waals surface area contributed by atoms with Gasteiger partial charge in [0.25, 0.3) is 0 Å². The highest BCUT2D eigenvalue weighted by Crippen LogP contribution is 2.32. The third-order valence-corrected chi connectivity index (χ3v) is 5.78. The first-order valence-electron chi connectivity index (χ1n) is 11.3. The summed E-state index contributed by atoms with van der Waals surface area (Å²) in [5, 5.41) is 2.78. The van der Waals surface area contributed by atoms with Gasteiger partial charge in [0.2, 0.25) is 0 Å². The van der Waals surface area contributed by atoms with Crippen molar-refractivity contribution in [3.63, 3.8) is 0 Å². The Bertz CT molecular complexity index is 1220. The zero-order valence-corrected chi connectivity index (χ0v) is 19.6. The van der Waals surface area contributed by atoms with E-state index in [1.54, 1.807) is 12.0 Å². The van der Waals surface area contributed by atoms with Gasteiger partial charge in [0.05, 0.1) is 18.7 Å². The lowest BCUT2D eigenvalue weighted by Crippen LogP contribution is -2.38. The highest BCUT2D eigenvalue weighted by atomic mass is 19.4. The van der Waals surface area contributed by atoms with E-state index in [1.807, 2.05) is 84.9 Å². The van der Waals surface area contributed by atoms with Gasteiger partial charge >= 0.3 is 12.2 Å². The second-order valence-electron chi connectivity index (χ2n) is 8.21. The molecule has 0 atom stereocenters. The van der Waals surface area contributed by atoms with E-state index < -0.39 is 23.8 Å². The monoisotopic (exact) mass is 490 g/mol. The number of methoxy groups -OCH3 is 1. The molecule has 184 valence electrons. The summed E-state index contributed by atoms with van der Waals surface area (Å²) < 4.78 is 44.2. The highest BCUT2D eigenvalue weighted by molar-refractivity contribution is 5.90. The molecule has 4 aromatic rings. The van der Waals surface area contributed by atoms with Gasteiger partial charge in [-0.1, -0.05) is 72.8 Å². The van der Waals surface area contributed by atoms with Crippen LogP contribution in [0.5, 0.6) is 5.75 Å². The molecule has 2 amide bonds. The fraction of sp³-hybridized carbons (Fsp3) is 0.138. The lowest BCUT2D eigenvalue weighted by Gasteiger charge is -2.33. The van der Waals surface area contributed by atoms with Crippen LogP contribution < -0.4 is 10.1 Å². The molecular formula is C29H25F3N2O2. The summed E-state index contributed by atoms with van der Waals surface area (Å²) in [6, 6.07) is 30.2. The fourth-order valence-corrected chi connectivity index (χ4v) is 3.97. The van der Waals surface area contributed by atoms with Crippen molar-refractivity contribution in [3.05, 3.63) is 131 Å². The minimum Gasteiger partial charge on any atom is -0.497 e. The van der Waals surface area contributed by atoms with Crippen molar-refractivity contribution in [2.75, 3.05) is 12.4 Å². The number of ether oxygens (including phenoxy) is 1. The van der Waals surface area contributed by atoms with Crippen LogP contribution in [0.4, 0.5) is 23.7 Å². The molecule has 4 rings (SSSR count). The normalized spacial score (nSPS) is 11.2. The maximum absolute atomic E-state index is 13.7. The minimum absolute atomic E-state index is 0.255.